The molecular weight excluding hydrogens is 416 g/mol. The molecule has 3 nitrogen and oxygen atoms in total. The number of para-hydroxylation sites is 1. The number of unbranched alkanes of at least 4 members (excludes halogenated alkanes) is 1. The standard InChI is InChI=1S/C19H18N2.C5H12.C4H10.C2H2.CH2O/c1-5-15-10-8-11-17(16(15)6-2)21-14(4)20-19-13(3)9-7-12-18(19)21;1-4-5(2)3;1-3-4-2;2*1-2/h5-12H,1-2H2,3-4H3;5H,4H2,1-3H3;3-4H2,1-2H3;1-2H;1H2. The van der Waals surface area contributed by atoms with E-state index in [9.17, 15) is 0 Å². The Kier molecular flexibility index (Phi) is 18.4. The lowest BCUT2D eigenvalue weighted by Crippen LogP contribution is -2.00. The Hall–Kier alpha value is -3.38. The molecule has 0 saturated heterocycles. The van der Waals surface area contributed by atoms with Gasteiger partial charge in [0.25, 0.3) is 0 Å². The topological polar surface area (TPSA) is 34.9 Å². The molecule has 0 fully saturated rings. The normalized spacial score (nSPS) is 9.12. The molecule has 184 valence electrons. The van der Waals surface area contributed by atoms with Crippen LogP contribution in [0.25, 0.3) is 28.9 Å². The summed E-state index contributed by atoms with van der Waals surface area (Å²) in [5.41, 5.74) is 6.61. The molecule has 3 aromatic rings. The van der Waals surface area contributed by atoms with Crippen molar-refractivity contribution in [2.75, 3.05) is 0 Å². The molecule has 0 spiro atoms. The zero-order chi connectivity index (χ0) is 26.7. The van der Waals surface area contributed by atoms with Gasteiger partial charge in [-0.05, 0) is 43.0 Å². The summed E-state index contributed by atoms with van der Waals surface area (Å²) in [6.07, 6.45) is 15.7. The van der Waals surface area contributed by atoms with Gasteiger partial charge in [-0.15, -0.1) is 12.8 Å². The van der Waals surface area contributed by atoms with Crippen molar-refractivity contribution in [3.8, 4) is 18.5 Å². The first-order valence-corrected chi connectivity index (χ1v) is 11.8. The minimum absolute atomic E-state index is 0.884. The second kappa shape index (κ2) is 19.1. The van der Waals surface area contributed by atoms with E-state index in [-0.39, 0.29) is 0 Å². The highest BCUT2D eigenvalue weighted by molar-refractivity contribution is 5.83. The fraction of sp³-hybridized carbons (Fsp3) is 0.355. The van der Waals surface area contributed by atoms with Crippen LogP contribution in [0.2, 0.25) is 0 Å². The maximum atomic E-state index is 8.00. The molecule has 3 rings (SSSR count). The van der Waals surface area contributed by atoms with Crippen molar-refractivity contribution >= 4 is 30.0 Å². The summed E-state index contributed by atoms with van der Waals surface area (Å²) in [4.78, 5) is 12.7. The van der Waals surface area contributed by atoms with Gasteiger partial charge in [0, 0.05) is 5.56 Å². The lowest BCUT2D eigenvalue weighted by molar-refractivity contribution is -0.0979. The molecule has 0 atom stereocenters. The summed E-state index contributed by atoms with van der Waals surface area (Å²) in [7, 11) is 0. The molecule has 34 heavy (non-hydrogen) atoms. The molecular formula is C31H44N2O. The summed E-state index contributed by atoms with van der Waals surface area (Å²) in [5.74, 6) is 1.86. The number of fused-ring (bicyclic) bond motifs is 1. The summed E-state index contributed by atoms with van der Waals surface area (Å²) >= 11 is 0. The molecule has 1 aromatic heterocycles. The monoisotopic (exact) mass is 460 g/mol. The number of aromatic nitrogens is 2. The number of imidazole rings is 1. The van der Waals surface area contributed by atoms with Crippen LogP contribution in [0.4, 0.5) is 0 Å². The highest BCUT2D eigenvalue weighted by atomic mass is 16.1. The van der Waals surface area contributed by atoms with Crippen LogP contribution in [0, 0.1) is 32.6 Å². The Balaban J connectivity index is 0. The van der Waals surface area contributed by atoms with Crippen molar-refractivity contribution < 1.29 is 4.79 Å². The van der Waals surface area contributed by atoms with E-state index in [1.807, 2.05) is 38.0 Å². The van der Waals surface area contributed by atoms with Crippen LogP contribution in [0.5, 0.6) is 0 Å². The Bertz CT molecular complexity index is 1010. The van der Waals surface area contributed by atoms with Crippen molar-refractivity contribution in [3.63, 3.8) is 0 Å². The SMILES string of the molecule is C#C.C=Cc1cccc(-n2c(C)nc3c(C)cccc32)c1C=C.C=O.CCC(C)C.CCCC. The van der Waals surface area contributed by atoms with Gasteiger partial charge < -0.3 is 4.79 Å². The maximum Gasteiger partial charge on any atom is 0.111 e. The Morgan fingerprint density at radius 3 is 1.91 bits per heavy atom. The third-order valence-corrected chi connectivity index (χ3v) is 5.15. The van der Waals surface area contributed by atoms with Gasteiger partial charge in [0.2, 0.25) is 0 Å². The lowest BCUT2D eigenvalue weighted by atomic mass is 10.0. The number of nitrogens with zero attached hydrogens (tertiary/aromatic N) is 2. The van der Waals surface area contributed by atoms with E-state index in [0.29, 0.717) is 0 Å². The number of benzene rings is 2. The fourth-order valence-corrected chi connectivity index (χ4v) is 2.83. The third kappa shape index (κ3) is 9.63. The van der Waals surface area contributed by atoms with Gasteiger partial charge in [-0.1, -0.05) is 103 Å². The first-order chi connectivity index (χ1) is 16.4. The lowest BCUT2D eigenvalue weighted by Gasteiger charge is -2.13. The van der Waals surface area contributed by atoms with E-state index in [2.05, 4.69) is 96.4 Å². The Labute approximate surface area is 208 Å². The van der Waals surface area contributed by atoms with Crippen LogP contribution < -0.4 is 0 Å². The quantitative estimate of drug-likeness (QED) is 0.356. The smallest absolute Gasteiger partial charge is 0.111 e. The maximum absolute atomic E-state index is 8.00. The number of terminal acetylenes is 1. The molecule has 1 heterocycles. The van der Waals surface area contributed by atoms with Crippen molar-refractivity contribution in [3.05, 3.63) is 72.1 Å². The van der Waals surface area contributed by atoms with E-state index >= 15 is 0 Å². The van der Waals surface area contributed by atoms with E-state index < -0.39 is 0 Å². The second-order valence-electron chi connectivity index (χ2n) is 7.93. The molecule has 0 aliphatic heterocycles. The van der Waals surface area contributed by atoms with Crippen molar-refractivity contribution in [2.24, 2.45) is 5.92 Å². The minimum Gasteiger partial charge on any atom is -0.307 e. The van der Waals surface area contributed by atoms with E-state index in [1.165, 1.54) is 24.8 Å². The summed E-state index contributed by atoms with van der Waals surface area (Å²) in [6.45, 7) is 25.0. The molecule has 0 aliphatic rings. The van der Waals surface area contributed by atoms with Crippen LogP contribution in [0.15, 0.2) is 49.6 Å². The van der Waals surface area contributed by atoms with Crippen molar-refractivity contribution in [1.82, 2.24) is 9.55 Å². The van der Waals surface area contributed by atoms with E-state index in [1.54, 1.807) is 0 Å². The number of aryl methyl sites for hydroxylation is 2. The van der Waals surface area contributed by atoms with Crippen molar-refractivity contribution in [1.29, 1.82) is 0 Å². The van der Waals surface area contributed by atoms with Crippen LogP contribution in [0.1, 0.15) is 76.4 Å². The van der Waals surface area contributed by atoms with Gasteiger partial charge in [-0.2, -0.15) is 0 Å². The van der Waals surface area contributed by atoms with Gasteiger partial charge in [0.15, 0.2) is 0 Å². The van der Waals surface area contributed by atoms with Gasteiger partial charge >= 0.3 is 0 Å². The first kappa shape index (κ1) is 32.8. The molecule has 0 aliphatic carbocycles. The predicted molar refractivity (Wildman–Crippen MR) is 153 cm³/mol. The average molecular weight is 461 g/mol. The zero-order valence-corrected chi connectivity index (χ0v) is 22.4. The molecule has 0 amide bonds. The zero-order valence-electron chi connectivity index (χ0n) is 22.4. The van der Waals surface area contributed by atoms with Crippen LogP contribution >= 0.6 is 0 Å². The van der Waals surface area contributed by atoms with Gasteiger partial charge in [0.1, 0.15) is 12.6 Å². The van der Waals surface area contributed by atoms with Crippen molar-refractivity contribution in [2.45, 2.75) is 67.7 Å². The van der Waals surface area contributed by atoms with E-state index in [4.69, 9.17) is 9.78 Å². The van der Waals surface area contributed by atoms with E-state index in [0.717, 1.165) is 39.6 Å². The summed E-state index contributed by atoms with van der Waals surface area (Å²) in [6, 6.07) is 12.5. The first-order valence-electron chi connectivity index (χ1n) is 11.8. The van der Waals surface area contributed by atoms with Crippen LogP contribution in [-0.2, 0) is 4.79 Å². The predicted octanol–water partition coefficient (Wildman–Crippen LogP) is 8.85. The Morgan fingerprint density at radius 2 is 1.47 bits per heavy atom. The molecule has 3 heteroatoms. The summed E-state index contributed by atoms with van der Waals surface area (Å²) < 4.78 is 2.19. The van der Waals surface area contributed by atoms with Gasteiger partial charge in [-0.3, -0.25) is 4.57 Å². The molecule has 2 aromatic carbocycles. The molecule has 0 unspecified atom stereocenters. The molecule has 0 bridgehead atoms. The number of hydrogen-bond acceptors (Lipinski definition) is 2. The molecule has 0 radical (unpaired) electrons. The second-order valence-corrected chi connectivity index (χ2v) is 7.93. The highest BCUT2D eigenvalue weighted by Crippen LogP contribution is 2.28. The van der Waals surface area contributed by atoms with Crippen LogP contribution in [0.3, 0.4) is 0 Å². The fourth-order valence-electron chi connectivity index (χ4n) is 2.83. The number of hydrogen-bond donors (Lipinski definition) is 0. The molecule has 0 N–H and O–H groups in total. The van der Waals surface area contributed by atoms with Gasteiger partial charge in [-0.25, -0.2) is 4.98 Å². The third-order valence-electron chi connectivity index (χ3n) is 5.15. The number of rotatable bonds is 5. The van der Waals surface area contributed by atoms with Gasteiger partial charge in [0.05, 0.1) is 16.7 Å². The minimum atomic E-state index is 0.884. The highest BCUT2D eigenvalue weighted by Gasteiger charge is 2.13. The van der Waals surface area contributed by atoms with Crippen LogP contribution in [-0.4, -0.2) is 16.3 Å². The summed E-state index contributed by atoms with van der Waals surface area (Å²) in [5, 5.41) is 0. The largest absolute Gasteiger partial charge is 0.307 e. The average Bonchev–Trinajstić information content (AvgIpc) is 3.23. The Morgan fingerprint density at radius 1 is 0.941 bits per heavy atom. The number of carbonyl (C=O) groups is 1. The molecule has 0 saturated carbocycles. The number of carbonyl (C=O) groups excluding carboxylic acids is 1.